The van der Waals surface area contributed by atoms with E-state index in [2.05, 4.69) is 25.8 Å². The number of aliphatic hydroxyl groups excluding tert-OH is 1. The normalized spacial score (nSPS) is 16.4. The monoisotopic (exact) mass is 1250 g/mol. The van der Waals surface area contributed by atoms with Gasteiger partial charge in [0.05, 0.1) is 79.5 Å². The van der Waals surface area contributed by atoms with Crippen LogP contribution in [0.25, 0.3) is 43.2 Å². The van der Waals surface area contributed by atoms with Crippen molar-refractivity contribution < 1.29 is 57.5 Å². The molecule has 2 fully saturated rings. The third-order valence-corrected chi connectivity index (χ3v) is 16.5. The number of amides is 4. The Labute approximate surface area is 523 Å². The molecule has 0 saturated carbocycles. The van der Waals surface area contributed by atoms with Crippen molar-refractivity contribution in [2.24, 2.45) is 5.41 Å². The quantitative estimate of drug-likeness (QED) is 0.0303. The van der Waals surface area contributed by atoms with Gasteiger partial charge in [-0.1, -0.05) is 80.9 Å². The summed E-state index contributed by atoms with van der Waals surface area (Å²) in [6, 6.07) is 17.8. The minimum atomic E-state index is -0.992. The summed E-state index contributed by atoms with van der Waals surface area (Å²) in [6.07, 6.45) is -0.504. The Kier molecular flexibility index (Phi) is 23.3. The SMILES string of the molecule is Cc1ncsc1-c1ccc([C@H](C)NC(=O)[C@@H]2C[C@@H](O)CN2C(=O)[C@@H](NC(=O)COCCOCCOCCOCCN(C)CCCNc2nc(N3CCN(C(=O)OC(C)(C)C)CC3)c3cc(Cl)c(-c4cc(O)cc5ccccc45)c(F)c3n2)C(C)(C)C)cc1. The number of hydrogen-bond donors (Lipinski definition) is 5. The Morgan fingerprint density at radius 2 is 1.52 bits per heavy atom. The molecule has 0 radical (unpaired) electrons. The number of rotatable bonds is 27. The standard InChI is InChI=1S/C64H84ClFN10O11S/c1-40(42-15-17-43(18-16-42)56-41(2)68-39-88-56)69-59(80)51-35-46(78)37-76(51)60(81)57(63(3,4)5)70-52(79)38-86-32-31-85-30-29-84-28-27-83-26-25-73(9)20-12-19-67-61-71-55-49(58(72-61)74-21-23-75(24-22-74)62(82)87-64(6,7)8)36-50(65)53(54(55)66)48-34-45(77)33-44-13-10-11-14-47(44)48/h10-11,13-18,33-34,36,39-40,46,51,57,77-78H,12,19-32,35,37-38H2,1-9H3,(H,69,80)(H,70,79)(H,67,71,72)/t40-,46+,51-,57+/m0/s1. The van der Waals surface area contributed by atoms with Crippen molar-refractivity contribution in [2.45, 2.75) is 98.1 Å². The van der Waals surface area contributed by atoms with Crippen molar-refractivity contribution in [3.63, 3.8) is 0 Å². The summed E-state index contributed by atoms with van der Waals surface area (Å²) in [4.78, 5) is 76.0. The Balaban J connectivity index is 0.713. The molecular weight excluding hydrogens is 1170 g/mol. The number of piperazine rings is 1. The van der Waals surface area contributed by atoms with Crippen LogP contribution < -0.4 is 20.9 Å². The third-order valence-electron chi connectivity index (χ3n) is 15.2. The maximum absolute atomic E-state index is 17.1. The first-order valence-corrected chi connectivity index (χ1v) is 31.2. The lowest BCUT2D eigenvalue weighted by Crippen LogP contribution is -2.58. The molecule has 4 amide bonds. The molecular formula is C64H84ClFN10O11S. The zero-order valence-corrected chi connectivity index (χ0v) is 53.4. The Bertz CT molecular complexity index is 3360. The van der Waals surface area contributed by atoms with Gasteiger partial charge >= 0.3 is 6.09 Å². The molecule has 24 heteroatoms. The van der Waals surface area contributed by atoms with Crippen LogP contribution in [0.4, 0.5) is 21.0 Å². The molecule has 0 bridgehead atoms. The van der Waals surface area contributed by atoms with E-state index in [1.54, 1.807) is 28.4 Å². The number of fused-ring (bicyclic) bond motifs is 2. The number of nitrogens with zero attached hydrogens (tertiary/aromatic N) is 7. The maximum Gasteiger partial charge on any atom is 0.410 e. The number of halogens is 2. The van der Waals surface area contributed by atoms with E-state index in [0.717, 1.165) is 39.0 Å². The summed E-state index contributed by atoms with van der Waals surface area (Å²) < 4.78 is 45.4. The van der Waals surface area contributed by atoms with E-state index in [1.807, 2.05) is 121 Å². The lowest BCUT2D eigenvalue weighted by atomic mass is 9.85. The number of phenols is 1. The number of ether oxygens (including phenoxy) is 5. The number of nitrogens with one attached hydrogen (secondary N) is 3. The number of anilines is 2. The van der Waals surface area contributed by atoms with Crippen LogP contribution in [0.5, 0.6) is 5.75 Å². The van der Waals surface area contributed by atoms with Gasteiger partial charge < -0.3 is 69.4 Å². The van der Waals surface area contributed by atoms with Gasteiger partial charge in [-0.3, -0.25) is 14.4 Å². The fraction of sp³-hybridized carbons (Fsp3) is 0.516. The van der Waals surface area contributed by atoms with E-state index in [-0.39, 0.29) is 72.5 Å². The van der Waals surface area contributed by atoms with E-state index in [1.165, 1.54) is 11.0 Å². The topological polar surface area (TPSA) is 243 Å². The molecule has 0 unspecified atom stereocenters. The highest BCUT2D eigenvalue weighted by molar-refractivity contribution is 7.13. The van der Waals surface area contributed by atoms with Crippen LogP contribution in [-0.2, 0) is 38.1 Å². The largest absolute Gasteiger partial charge is 0.508 e. The van der Waals surface area contributed by atoms with Crippen LogP contribution >= 0.6 is 22.9 Å². The highest BCUT2D eigenvalue weighted by Crippen LogP contribution is 2.43. The number of β-amino-alcohol motifs (C(OH)–C–C–N with tert-alkyl or cyclic N) is 1. The van der Waals surface area contributed by atoms with Gasteiger partial charge in [-0.2, -0.15) is 4.98 Å². The number of phenolic OH excluding ortho intramolecular Hbond substituents is 1. The highest BCUT2D eigenvalue weighted by Gasteiger charge is 2.45. The summed E-state index contributed by atoms with van der Waals surface area (Å²) in [5.74, 6) is -1.29. The molecule has 0 aliphatic carbocycles. The number of carbonyl (C=O) groups excluding carboxylic acids is 4. The number of aromatic hydroxyl groups is 1. The second-order valence-corrected chi connectivity index (χ2v) is 25.6. The minimum Gasteiger partial charge on any atom is -0.508 e. The predicted octanol–water partition coefficient (Wildman–Crippen LogP) is 8.61. The summed E-state index contributed by atoms with van der Waals surface area (Å²) in [5, 5.41) is 32.5. The molecule has 0 spiro atoms. The molecule has 6 aromatic rings. The molecule has 4 atom stereocenters. The molecule has 88 heavy (non-hydrogen) atoms. The van der Waals surface area contributed by atoms with E-state index in [0.29, 0.717) is 95.5 Å². The first-order chi connectivity index (χ1) is 41.9. The summed E-state index contributed by atoms with van der Waals surface area (Å²) in [5.41, 5.74) is 3.95. The first kappa shape index (κ1) is 67.1. The molecule has 2 aliphatic rings. The summed E-state index contributed by atoms with van der Waals surface area (Å²) in [6.45, 7) is 20.1. The second kappa shape index (κ2) is 30.6. The van der Waals surface area contributed by atoms with Crippen LogP contribution in [0, 0.1) is 18.2 Å². The molecule has 2 aliphatic heterocycles. The lowest BCUT2D eigenvalue weighted by molar-refractivity contribution is -0.144. The molecule has 2 aromatic heterocycles. The highest BCUT2D eigenvalue weighted by atomic mass is 35.5. The van der Waals surface area contributed by atoms with Crippen molar-refractivity contribution in [2.75, 3.05) is 122 Å². The molecule has 4 heterocycles. The van der Waals surface area contributed by atoms with Crippen molar-refractivity contribution >= 4 is 80.2 Å². The Morgan fingerprint density at radius 1 is 0.852 bits per heavy atom. The first-order valence-electron chi connectivity index (χ1n) is 29.9. The van der Waals surface area contributed by atoms with Crippen LogP contribution in [0.2, 0.25) is 5.02 Å². The Hall–Kier alpha value is -6.83. The van der Waals surface area contributed by atoms with E-state index in [9.17, 15) is 29.4 Å². The zero-order valence-electron chi connectivity index (χ0n) is 51.8. The number of hydrogen-bond acceptors (Lipinski definition) is 18. The van der Waals surface area contributed by atoms with Crippen LogP contribution in [0.1, 0.15) is 78.6 Å². The van der Waals surface area contributed by atoms with Crippen LogP contribution in [0.3, 0.4) is 0 Å². The molecule has 2 saturated heterocycles. The minimum absolute atomic E-state index is 0.0245. The van der Waals surface area contributed by atoms with Crippen molar-refractivity contribution in [3.05, 3.63) is 94.3 Å². The molecule has 8 rings (SSSR count). The smallest absolute Gasteiger partial charge is 0.410 e. The molecule has 5 N–H and O–H groups in total. The van der Waals surface area contributed by atoms with Gasteiger partial charge in [0.2, 0.25) is 23.7 Å². The van der Waals surface area contributed by atoms with Gasteiger partial charge in [0.15, 0.2) is 5.82 Å². The van der Waals surface area contributed by atoms with Crippen LogP contribution in [0.15, 0.2) is 72.2 Å². The zero-order chi connectivity index (χ0) is 63.3. The van der Waals surface area contributed by atoms with Gasteiger partial charge in [-0.05, 0) is 106 Å². The number of carbonyl (C=O) groups is 4. The van der Waals surface area contributed by atoms with Gasteiger partial charge in [0, 0.05) is 63.2 Å². The average Bonchev–Trinajstić information content (AvgIpc) is 1.23. The van der Waals surface area contributed by atoms with Gasteiger partial charge in [0.25, 0.3) is 0 Å². The number of benzene rings is 4. The predicted molar refractivity (Wildman–Crippen MR) is 339 cm³/mol. The second-order valence-electron chi connectivity index (χ2n) is 24.3. The van der Waals surface area contributed by atoms with Crippen LogP contribution in [-0.4, -0.2) is 200 Å². The molecule has 476 valence electrons. The number of aromatic nitrogens is 3. The third kappa shape index (κ3) is 17.9. The Morgan fingerprint density at radius 3 is 2.18 bits per heavy atom. The number of aliphatic hydroxyl groups is 1. The number of thiazole rings is 1. The van der Waals surface area contributed by atoms with Crippen molar-refractivity contribution in [1.82, 2.24) is 40.3 Å². The van der Waals surface area contributed by atoms with Gasteiger partial charge in [-0.15, -0.1) is 11.3 Å². The number of likely N-dealkylation sites (tertiary alicyclic amines) is 1. The van der Waals surface area contributed by atoms with Crippen molar-refractivity contribution in [3.8, 4) is 27.3 Å². The lowest BCUT2D eigenvalue weighted by Gasteiger charge is -2.36. The number of likely N-dealkylation sites (N-methyl/N-ethyl adjacent to an activating group) is 1. The van der Waals surface area contributed by atoms with Gasteiger partial charge in [-0.25, -0.2) is 19.2 Å². The maximum atomic E-state index is 17.1. The fourth-order valence-corrected chi connectivity index (χ4v) is 11.7. The fourth-order valence-electron chi connectivity index (χ4n) is 10.6. The van der Waals surface area contributed by atoms with E-state index in [4.69, 9.17) is 45.3 Å². The number of aryl methyl sites for hydroxylation is 1. The van der Waals surface area contributed by atoms with E-state index >= 15 is 4.39 Å². The van der Waals surface area contributed by atoms with Crippen molar-refractivity contribution in [1.29, 1.82) is 0 Å². The summed E-state index contributed by atoms with van der Waals surface area (Å²) in [7, 11) is 2.00. The summed E-state index contributed by atoms with van der Waals surface area (Å²) >= 11 is 8.51. The van der Waals surface area contributed by atoms with Gasteiger partial charge in [0.1, 0.15) is 41.4 Å². The average molecular weight is 1260 g/mol. The molecule has 4 aromatic carbocycles. The van der Waals surface area contributed by atoms with E-state index < -0.39 is 52.9 Å². The molecule has 21 nitrogen and oxygen atoms in total.